The Labute approximate surface area is 170 Å². The number of sulfone groups is 1. The Kier molecular flexibility index (Phi) is 6.68. The number of alkyl halides is 6. The van der Waals surface area contributed by atoms with Crippen molar-refractivity contribution in [3.05, 3.63) is 46.8 Å². The van der Waals surface area contributed by atoms with E-state index in [-0.39, 0.29) is 30.5 Å². The molecule has 0 spiro atoms. The molecule has 0 saturated carbocycles. The fourth-order valence-corrected chi connectivity index (χ4v) is 3.61. The Hall–Kier alpha value is -3.10. The van der Waals surface area contributed by atoms with E-state index in [0.717, 1.165) is 6.07 Å². The van der Waals surface area contributed by atoms with Gasteiger partial charge >= 0.3 is 18.3 Å². The lowest BCUT2D eigenvalue weighted by Crippen LogP contribution is -2.20. The second-order valence-corrected chi connectivity index (χ2v) is 7.86. The molecule has 0 saturated heterocycles. The first kappa shape index (κ1) is 24.2. The number of carbonyl (C=O) groups excluding carboxylic acids is 1. The van der Waals surface area contributed by atoms with E-state index >= 15 is 0 Å². The van der Waals surface area contributed by atoms with Crippen molar-refractivity contribution < 1.29 is 48.8 Å². The fraction of sp³-hybridized carbons (Fsp3) is 0.312. The van der Waals surface area contributed by atoms with Crippen LogP contribution in [0, 0.1) is 0 Å². The van der Waals surface area contributed by atoms with Gasteiger partial charge in [0.15, 0.2) is 21.3 Å². The minimum Gasteiger partial charge on any atom is -0.461 e. The van der Waals surface area contributed by atoms with Crippen molar-refractivity contribution in [3.63, 3.8) is 0 Å². The molecule has 0 aliphatic carbocycles. The van der Waals surface area contributed by atoms with Gasteiger partial charge in [-0.15, -0.1) is 0 Å². The molecule has 0 fully saturated rings. The molecule has 2 rings (SSSR count). The molecule has 0 amide bonds. The van der Waals surface area contributed by atoms with Crippen LogP contribution in [0.1, 0.15) is 34.3 Å². The Balaban J connectivity index is 2.46. The predicted octanol–water partition coefficient (Wildman–Crippen LogP) is 3.03. The third-order valence-corrected chi connectivity index (χ3v) is 5.29. The number of benzene rings is 1. The second-order valence-electron chi connectivity index (χ2n) is 5.87. The van der Waals surface area contributed by atoms with Crippen LogP contribution in [-0.4, -0.2) is 37.6 Å². The van der Waals surface area contributed by atoms with Crippen LogP contribution in [0.25, 0.3) is 0 Å². The highest BCUT2D eigenvalue weighted by molar-refractivity contribution is 7.92. The molecule has 0 bridgehead atoms. The van der Waals surface area contributed by atoms with Crippen molar-refractivity contribution in [2.75, 3.05) is 12.4 Å². The van der Waals surface area contributed by atoms with Crippen molar-refractivity contribution in [1.82, 2.24) is 5.16 Å². The highest BCUT2D eigenvalue weighted by Gasteiger charge is 2.38. The molecule has 0 aliphatic rings. The van der Waals surface area contributed by atoms with E-state index in [2.05, 4.69) is 15.0 Å². The zero-order chi connectivity index (χ0) is 23.6. The number of hydrogen-bond acceptors (Lipinski definition) is 8. The van der Waals surface area contributed by atoms with Crippen molar-refractivity contribution >= 4 is 21.5 Å². The number of hydrogen-bond donors (Lipinski definition) is 1. The molecule has 0 atom stereocenters. The number of halogens is 6. The lowest BCUT2D eigenvalue weighted by atomic mass is 10.1. The van der Waals surface area contributed by atoms with Crippen LogP contribution in [0.4, 0.5) is 26.3 Å². The van der Waals surface area contributed by atoms with Crippen LogP contribution >= 0.6 is 0 Å². The van der Waals surface area contributed by atoms with Crippen molar-refractivity contribution in [3.8, 4) is 0 Å². The molecule has 15 heteroatoms. The van der Waals surface area contributed by atoms with E-state index in [0.29, 0.717) is 0 Å². The van der Waals surface area contributed by atoms with Crippen molar-refractivity contribution in [2.45, 2.75) is 24.2 Å². The average Bonchev–Trinajstić information content (AvgIpc) is 3.15. The van der Waals surface area contributed by atoms with E-state index in [9.17, 15) is 39.6 Å². The largest absolute Gasteiger partial charge is 0.461 e. The van der Waals surface area contributed by atoms with E-state index in [1.165, 1.54) is 6.92 Å². The normalized spacial score (nSPS) is 13.3. The number of carbonyl (C=O) groups is 1. The quantitative estimate of drug-likeness (QED) is 0.225. The summed E-state index contributed by atoms with van der Waals surface area (Å²) in [5.74, 6) is 2.48. The van der Waals surface area contributed by atoms with Gasteiger partial charge in [-0.05, 0) is 25.1 Å². The van der Waals surface area contributed by atoms with Gasteiger partial charge in [0.1, 0.15) is 11.5 Å². The molecule has 8 nitrogen and oxygen atoms in total. The molecular weight excluding hydrogens is 460 g/mol. The molecule has 170 valence electrons. The van der Waals surface area contributed by atoms with Gasteiger partial charge in [-0.25, -0.2) is 13.2 Å². The Bertz CT molecular complexity index is 1070. The number of hydrazone groups is 1. The summed E-state index contributed by atoms with van der Waals surface area (Å²) in [6.45, 7) is 1.49. The number of nitrogens with two attached hydrogens (primary N) is 1. The van der Waals surface area contributed by atoms with Gasteiger partial charge in [-0.1, -0.05) is 5.16 Å². The van der Waals surface area contributed by atoms with Gasteiger partial charge in [-0.3, -0.25) is 0 Å². The maximum absolute atomic E-state index is 13.0. The standard InChI is InChI=1S/C16H13F6N3O5S/c1-2-29-14(26)11-6-13(30-25-11)12(24-23)7-31(27,28)10-4-8(15(17,18)19)3-9(5-10)16(20,21)22/h3-6H,2,7,23H2,1H3/b24-12-. The van der Waals surface area contributed by atoms with Gasteiger partial charge in [0.25, 0.3) is 0 Å². The topological polar surface area (TPSA) is 125 Å². The third kappa shape index (κ3) is 5.74. The first-order valence-electron chi connectivity index (χ1n) is 8.12. The summed E-state index contributed by atoms with van der Waals surface area (Å²) in [6, 6.07) is 0.817. The molecule has 0 unspecified atom stereocenters. The number of nitrogens with zero attached hydrogens (tertiary/aromatic N) is 2. The first-order valence-corrected chi connectivity index (χ1v) is 9.77. The third-order valence-electron chi connectivity index (χ3n) is 3.68. The number of ether oxygens (including phenoxy) is 1. The SMILES string of the molecule is CCOC(=O)c1cc(/C(CS(=O)(=O)c2cc(C(F)(F)F)cc(C(F)(F)F)c2)=N\N)on1. The van der Waals surface area contributed by atoms with E-state index < -0.39 is 61.4 Å². The summed E-state index contributed by atoms with van der Waals surface area (Å²) in [6.07, 6.45) is -10.5. The minimum absolute atomic E-state index is 0.00960. The van der Waals surface area contributed by atoms with Crippen LogP contribution in [-0.2, 0) is 26.9 Å². The molecule has 1 heterocycles. The first-order chi connectivity index (χ1) is 14.2. The van der Waals surface area contributed by atoms with Crippen molar-refractivity contribution in [1.29, 1.82) is 0 Å². The van der Waals surface area contributed by atoms with Gasteiger partial charge in [0, 0.05) is 6.07 Å². The van der Waals surface area contributed by atoms with E-state index in [1.54, 1.807) is 0 Å². The van der Waals surface area contributed by atoms with Gasteiger partial charge < -0.3 is 15.1 Å². The molecule has 0 aliphatic heterocycles. The number of aromatic nitrogens is 1. The summed E-state index contributed by atoms with van der Waals surface area (Å²) >= 11 is 0. The summed E-state index contributed by atoms with van der Waals surface area (Å²) in [4.78, 5) is 10.3. The smallest absolute Gasteiger partial charge is 0.416 e. The van der Waals surface area contributed by atoms with Gasteiger partial charge in [0.05, 0.1) is 22.6 Å². The summed E-state index contributed by atoms with van der Waals surface area (Å²) in [7, 11) is -4.82. The Morgan fingerprint density at radius 3 is 2.10 bits per heavy atom. The minimum atomic E-state index is -5.24. The van der Waals surface area contributed by atoms with Crippen molar-refractivity contribution in [2.24, 2.45) is 10.9 Å². The van der Waals surface area contributed by atoms with Crippen LogP contribution in [0.2, 0.25) is 0 Å². The molecule has 31 heavy (non-hydrogen) atoms. The summed E-state index contributed by atoms with van der Waals surface area (Å²) < 4.78 is 112. The van der Waals surface area contributed by atoms with E-state index in [1.807, 2.05) is 0 Å². The zero-order valence-corrected chi connectivity index (χ0v) is 16.2. The summed E-state index contributed by atoms with van der Waals surface area (Å²) in [5, 5.41) is 6.46. The highest BCUT2D eigenvalue weighted by atomic mass is 32.2. The van der Waals surface area contributed by atoms with E-state index in [4.69, 9.17) is 10.4 Å². The lowest BCUT2D eigenvalue weighted by Gasteiger charge is -2.14. The molecule has 1 aromatic carbocycles. The fourth-order valence-electron chi connectivity index (χ4n) is 2.25. The zero-order valence-electron chi connectivity index (χ0n) is 15.4. The maximum atomic E-state index is 13.0. The monoisotopic (exact) mass is 473 g/mol. The molecule has 1 aromatic heterocycles. The summed E-state index contributed by atoms with van der Waals surface area (Å²) in [5.41, 5.74) is -4.60. The Morgan fingerprint density at radius 1 is 1.10 bits per heavy atom. The maximum Gasteiger partial charge on any atom is 0.416 e. The number of esters is 1. The second kappa shape index (κ2) is 8.56. The molecule has 2 N–H and O–H groups in total. The van der Waals surface area contributed by atoms with Crippen LogP contribution in [0.5, 0.6) is 0 Å². The number of rotatable bonds is 6. The van der Waals surface area contributed by atoms with Crippen LogP contribution in [0.3, 0.4) is 0 Å². The molecule has 2 aromatic rings. The lowest BCUT2D eigenvalue weighted by molar-refractivity contribution is -0.143. The molecular formula is C16H13F6N3O5S. The highest BCUT2D eigenvalue weighted by Crippen LogP contribution is 2.37. The van der Waals surface area contributed by atoms with Gasteiger partial charge in [0.2, 0.25) is 0 Å². The van der Waals surface area contributed by atoms with Gasteiger partial charge in [-0.2, -0.15) is 31.4 Å². The predicted molar refractivity (Wildman–Crippen MR) is 91.7 cm³/mol. The average molecular weight is 473 g/mol. The van der Waals surface area contributed by atoms with Crippen LogP contribution < -0.4 is 5.84 Å². The molecule has 0 radical (unpaired) electrons. The van der Waals surface area contributed by atoms with Crippen LogP contribution in [0.15, 0.2) is 38.8 Å². The Morgan fingerprint density at radius 2 is 1.65 bits per heavy atom.